The van der Waals surface area contributed by atoms with E-state index in [9.17, 15) is 5.21 Å². The largest absolute Gasteiger partial charge is 0.772 e. The van der Waals surface area contributed by atoms with Crippen molar-refractivity contribution in [1.82, 2.24) is 10.6 Å². The van der Waals surface area contributed by atoms with Crippen molar-refractivity contribution in [2.75, 3.05) is 13.2 Å². The van der Waals surface area contributed by atoms with Crippen molar-refractivity contribution in [3.63, 3.8) is 0 Å². The summed E-state index contributed by atoms with van der Waals surface area (Å²) in [7, 11) is 0. The number of hydrogen-bond acceptors (Lipinski definition) is 4. The van der Waals surface area contributed by atoms with Crippen LogP contribution in [0.2, 0.25) is 0 Å². The lowest BCUT2D eigenvalue weighted by Crippen LogP contribution is -2.41. The van der Waals surface area contributed by atoms with Crippen LogP contribution in [0.3, 0.4) is 0 Å². The van der Waals surface area contributed by atoms with Crippen LogP contribution in [0.25, 0.3) is 0 Å². The fourth-order valence-corrected chi connectivity index (χ4v) is 0.378. The predicted octanol–water partition coefficient (Wildman–Crippen LogP) is -0.309. The van der Waals surface area contributed by atoms with Crippen molar-refractivity contribution in [3.05, 3.63) is 5.21 Å². The molecule has 0 bridgehead atoms. The highest BCUT2D eigenvalue weighted by molar-refractivity contribution is 4.56. The van der Waals surface area contributed by atoms with Crippen LogP contribution in [-0.2, 0) is 0 Å². The van der Waals surface area contributed by atoms with Crippen molar-refractivity contribution in [1.29, 1.82) is 0 Å². The molecular formula is C5H13N2O2-. The molecule has 0 aliphatic rings. The molecule has 0 aliphatic carbocycles. The van der Waals surface area contributed by atoms with E-state index in [1.54, 1.807) is 13.8 Å². The molecule has 0 amide bonds. The van der Waals surface area contributed by atoms with Crippen molar-refractivity contribution in [3.8, 4) is 0 Å². The number of hydroxylamine groups is 1. The normalized spacial score (nSPS) is 14.3. The molecule has 9 heavy (non-hydrogen) atoms. The van der Waals surface area contributed by atoms with E-state index in [2.05, 4.69) is 5.43 Å². The van der Waals surface area contributed by atoms with Crippen molar-refractivity contribution in [2.45, 2.75) is 19.9 Å². The van der Waals surface area contributed by atoms with Gasteiger partial charge in [-0.25, -0.2) is 0 Å². The number of hydrogen-bond donors (Lipinski definition) is 2. The number of nitrogens with one attached hydrogen (secondary N) is 1. The maximum atomic E-state index is 10.5. The number of nitrogens with zero attached hydrogens (tertiary/aromatic N) is 1. The van der Waals surface area contributed by atoms with E-state index in [1.165, 1.54) is 0 Å². The molecule has 0 saturated heterocycles. The lowest BCUT2D eigenvalue weighted by atomic mass is 10.4. The number of aliphatic hydroxyl groups excluding tert-OH is 1. The maximum Gasteiger partial charge on any atom is 0.0595 e. The average Bonchev–Trinajstić information content (AvgIpc) is 1.87. The number of hydrazine groups is 1. The monoisotopic (exact) mass is 133 g/mol. The second kappa shape index (κ2) is 4.69. The minimum absolute atomic E-state index is 0.0151. The Kier molecular flexibility index (Phi) is 4.61. The van der Waals surface area contributed by atoms with Gasteiger partial charge < -0.3 is 15.5 Å². The van der Waals surface area contributed by atoms with Crippen molar-refractivity contribution < 1.29 is 5.11 Å². The molecule has 0 aromatic rings. The van der Waals surface area contributed by atoms with Gasteiger partial charge in [-0.05, 0) is 13.5 Å². The fraction of sp³-hybridized carbons (Fsp3) is 1.00. The second-order valence-corrected chi connectivity index (χ2v) is 1.91. The lowest BCUT2D eigenvalue weighted by Gasteiger charge is -2.29. The van der Waals surface area contributed by atoms with Crippen LogP contribution in [0.5, 0.6) is 0 Å². The van der Waals surface area contributed by atoms with Gasteiger partial charge in [-0.1, -0.05) is 6.92 Å². The third kappa shape index (κ3) is 4.35. The standard InChI is InChI=1S/C5H13N2O2/c1-3-7(9)6-5(2)4-8/h5-6,8H,3-4H2,1-2H3/q-1. The first-order valence-corrected chi connectivity index (χ1v) is 3.02. The molecule has 0 rings (SSSR count). The third-order valence-electron chi connectivity index (χ3n) is 0.925. The highest BCUT2D eigenvalue weighted by Crippen LogP contribution is 1.81. The summed E-state index contributed by atoms with van der Waals surface area (Å²) >= 11 is 0. The first-order valence-electron chi connectivity index (χ1n) is 3.02. The van der Waals surface area contributed by atoms with Crippen LogP contribution in [0, 0.1) is 5.21 Å². The molecule has 0 radical (unpaired) electrons. The summed E-state index contributed by atoms with van der Waals surface area (Å²) in [6.07, 6.45) is 0. The molecule has 0 heterocycles. The molecular weight excluding hydrogens is 120 g/mol. The van der Waals surface area contributed by atoms with Gasteiger partial charge in [-0.3, -0.25) is 5.43 Å². The second-order valence-electron chi connectivity index (χ2n) is 1.91. The first-order chi connectivity index (χ1) is 4.20. The van der Waals surface area contributed by atoms with Gasteiger partial charge in [-0.15, -0.1) is 0 Å². The number of aliphatic hydroxyl groups is 1. The molecule has 1 unspecified atom stereocenters. The Labute approximate surface area is 55.0 Å². The molecule has 2 N–H and O–H groups in total. The van der Waals surface area contributed by atoms with E-state index >= 15 is 0 Å². The molecule has 0 saturated carbocycles. The summed E-state index contributed by atoms with van der Waals surface area (Å²) in [5.41, 5.74) is 2.51. The zero-order valence-corrected chi connectivity index (χ0v) is 5.79. The van der Waals surface area contributed by atoms with Crippen LogP contribution in [0.4, 0.5) is 0 Å². The summed E-state index contributed by atoms with van der Waals surface area (Å²) in [5, 5.41) is 19.6. The molecule has 0 aromatic heterocycles. The minimum Gasteiger partial charge on any atom is -0.772 e. The Morgan fingerprint density at radius 1 is 1.78 bits per heavy atom. The molecule has 0 spiro atoms. The predicted molar refractivity (Wildman–Crippen MR) is 35.4 cm³/mol. The Morgan fingerprint density at radius 2 is 2.33 bits per heavy atom. The average molecular weight is 133 g/mol. The zero-order valence-electron chi connectivity index (χ0n) is 5.79. The van der Waals surface area contributed by atoms with E-state index in [0.717, 1.165) is 0 Å². The fourth-order valence-electron chi connectivity index (χ4n) is 0.378. The SMILES string of the molecule is CCN([O-])NC(C)CO. The Balaban J connectivity index is 3.22. The molecule has 56 valence electrons. The van der Waals surface area contributed by atoms with E-state index in [1.807, 2.05) is 0 Å². The highest BCUT2D eigenvalue weighted by atomic mass is 16.5. The summed E-state index contributed by atoms with van der Waals surface area (Å²) < 4.78 is 0. The Morgan fingerprint density at radius 3 is 2.67 bits per heavy atom. The van der Waals surface area contributed by atoms with E-state index < -0.39 is 0 Å². The van der Waals surface area contributed by atoms with Gasteiger partial charge in [0.15, 0.2) is 0 Å². The number of rotatable bonds is 4. The van der Waals surface area contributed by atoms with Crippen molar-refractivity contribution in [2.24, 2.45) is 0 Å². The molecule has 4 nitrogen and oxygen atoms in total. The van der Waals surface area contributed by atoms with Gasteiger partial charge in [0.2, 0.25) is 0 Å². The molecule has 0 fully saturated rings. The van der Waals surface area contributed by atoms with E-state index in [0.29, 0.717) is 11.7 Å². The zero-order chi connectivity index (χ0) is 7.28. The van der Waals surface area contributed by atoms with Gasteiger partial charge in [0.1, 0.15) is 0 Å². The van der Waals surface area contributed by atoms with Crippen LogP contribution < -0.4 is 5.43 Å². The minimum atomic E-state index is -0.151. The van der Waals surface area contributed by atoms with Gasteiger partial charge in [-0.2, -0.15) is 0 Å². The third-order valence-corrected chi connectivity index (χ3v) is 0.925. The van der Waals surface area contributed by atoms with Crippen LogP contribution in [0.15, 0.2) is 0 Å². The molecule has 4 heteroatoms. The Hall–Kier alpha value is -0.160. The van der Waals surface area contributed by atoms with Gasteiger partial charge in [0.25, 0.3) is 0 Å². The van der Waals surface area contributed by atoms with Crippen LogP contribution in [0.1, 0.15) is 13.8 Å². The molecule has 0 aliphatic heterocycles. The topological polar surface area (TPSA) is 58.6 Å². The summed E-state index contributed by atoms with van der Waals surface area (Å²) in [5.74, 6) is 0. The van der Waals surface area contributed by atoms with Gasteiger partial charge in [0.05, 0.1) is 6.61 Å². The summed E-state index contributed by atoms with van der Waals surface area (Å²) in [6, 6.07) is -0.151. The van der Waals surface area contributed by atoms with Gasteiger partial charge >= 0.3 is 0 Å². The van der Waals surface area contributed by atoms with Gasteiger partial charge in [0, 0.05) is 6.04 Å². The van der Waals surface area contributed by atoms with E-state index in [4.69, 9.17) is 5.11 Å². The quantitative estimate of drug-likeness (QED) is 0.516. The Bertz CT molecular complexity index is 62.0. The lowest BCUT2D eigenvalue weighted by molar-refractivity contribution is 0.177. The van der Waals surface area contributed by atoms with E-state index in [-0.39, 0.29) is 12.6 Å². The molecule has 0 aromatic carbocycles. The maximum absolute atomic E-state index is 10.5. The smallest absolute Gasteiger partial charge is 0.0595 e. The summed E-state index contributed by atoms with van der Waals surface area (Å²) in [4.78, 5) is 0. The van der Waals surface area contributed by atoms with Crippen LogP contribution >= 0.6 is 0 Å². The van der Waals surface area contributed by atoms with Crippen LogP contribution in [-0.4, -0.2) is 29.5 Å². The summed E-state index contributed by atoms with van der Waals surface area (Å²) in [6.45, 7) is 3.85. The first kappa shape index (κ1) is 8.84. The molecule has 1 atom stereocenters. The van der Waals surface area contributed by atoms with Crippen molar-refractivity contribution >= 4 is 0 Å². The highest BCUT2D eigenvalue weighted by Gasteiger charge is 1.95.